The smallest absolute Gasteiger partial charge is 0.237 e. The van der Waals surface area contributed by atoms with Crippen LogP contribution in [-0.4, -0.2) is 84.8 Å². The Morgan fingerprint density at radius 3 is 2.45 bits per heavy atom. The van der Waals surface area contributed by atoms with Gasteiger partial charge in [-0.3, -0.25) is 14.6 Å². The Morgan fingerprint density at radius 1 is 1.21 bits per heavy atom. The van der Waals surface area contributed by atoms with Gasteiger partial charge in [0.25, 0.3) is 0 Å². The Hall–Kier alpha value is -1.51. The number of carbonyl (C=O) groups excluding carboxylic acids is 1. The van der Waals surface area contributed by atoms with Crippen LogP contribution in [0.3, 0.4) is 0 Å². The van der Waals surface area contributed by atoms with E-state index in [0.29, 0.717) is 19.5 Å². The van der Waals surface area contributed by atoms with E-state index in [1.54, 1.807) is 11.0 Å². The molecule has 2 saturated heterocycles. The van der Waals surface area contributed by atoms with Crippen molar-refractivity contribution in [3.8, 4) is 0 Å². The third-order valence-electron chi connectivity index (χ3n) is 5.83. The van der Waals surface area contributed by atoms with Crippen molar-refractivity contribution in [3.63, 3.8) is 0 Å². The van der Waals surface area contributed by atoms with E-state index in [4.69, 9.17) is 0 Å². The number of hydrogen-bond acceptors (Lipinski definition) is 5. The fourth-order valence-corrected chi connectivity index (χ4v) is 5.91. The van der Waals surface area contributed by atoms with E-state index in [1.807, 2.05) is 26.8 Å². The van der Waals surface area contributed by atoms with Gasteiger partial charge in [0, 0.05) is 44.3 Å². The van der Waals surface area contributed by atoms with Crippen LogP contribution in [0.25, 0.3) is 0 Å². The summed E-state index contributed by atoms with van der Waals surface area (Å²) in [4.78, 5) is 19.3. The quantitative estimate of drug-likeness (QED) is 0.720. The molecule has 1 unspecified atom stereocenters. The molecule has 0 bridgehead atoms. The van der Waals surface area contributed by atoms with Crippen molar-refractivity contribution in [3.05, 3.63) is 35.6 Å². The van der Waals surface area contributed by atoms with E-state index in [9.17, 15) is 17.6 Å². The largest absolute Gasteiger partial charge is 0.332 e. The van der Waals surface area contributed by atoms with Gasteiger partial charge in [-0.15, -0.1) is 0 Å². The Balaban J connectivity index is 1.56. The predicted molar refractivity (Wildman–Crippen MR) is 112 cm³/mol. The zero-order chi connectivity index (χ0) is 21.2. The molecule has 0 N–H and O–H groups in total. The number of rotatable bonds is 5. The molecule has 1 atom stereocenters. The van der Waals surface area contributed by atoms with Gasteiger partial charge >= 0.3 is 0 Å². The molecular formula is C21H32FN3O3S. The van der Waals surface area contributed by atoms with Gasteiger partial charge in [0.15, 0.2) is 9.84 Å². The van der Waals surface area contributed by atoms with E-state index >= 15 is 0 Å². The lowest BCUT2D eigenvalue weighted by Gasteiger charge is -2.40. The summed E-state index contributed by atoms with van der Waals surface area (Å²) in [6.45, 7) is 9.73. The van der Waals surface area contributed by atoms with Crippen LogP contribution in [0.15, 0.2) is 24.3 Å². The van der Waals surface area contributed by atoms with Crippen LogP contribution in [0.1, 0.15) is 32.8 Å². The maximum Gasteiger partial charge on any atom is 0.237 e. The van der Waals surface area contributed by atoms with E-state index in [2.05, 4.69) is 9.80 Å². The van der Waals surface area contributed by atoms with Crippen LogP contribution in [-0.2, 0) is 21.2 Å². The van der Waals surface area contributed by atoms with Crippen LogP contribution in [0.5, 0.6) is 0 Å². The molecule has 2 fully saturated rings. The molecule has 0 spiro atoms. The van der Waals surface area contributed by atoms with E-state index in [1.165, 1.54) is 12.1 Å². The fourth-order valence-electron chi connectivity index (χ4n) is 4.14. The van der Waals surface area contributed by atoms with Gasteiger partial charge in [0.05, 0.1) is 18.1 Å². The molecule has 2 aliphatic heterocycles. The van der Waals surface area contributed by atoms with Crippen LogP contribution in [0, 0.1) is 5.82 Å². The standard InChI is InChI=1S/C21H32FN3O3S/c1-21(2,3)25(14-17-5-4-6-18(22)13-17)20(26)15-23-8-10-24(11-9-23)19-7-12-29(27,28)16-19/h4-6,13,19H,7-12,14-16H2,1-3H3. The van der Waals surface area contributed by atoms with E-state index in [0.717, 1.165) is 31.7 Å². The summed E-state index contributed by atoms with van der Waals surface area (Å²) >= 11 is 0. The lowest BCUT2D eigenvalue weighted by molar-refractivity contribution is -0.138. The summed E-state index contributed by atoms with van der Waals surface area (Å²) in [5.74, 6) is 0.279. The highest BCUT2D eigenvalue weighted by molar-refractivity contribution is 7.91. The molecule has 1 amide bonds. The van der Waals surface area contributed by atoms with Crippen LogP contribution >= 0.6 is 0 Å². The van der Waals surface area contributed by atoms with Crippen molar-refractivity contribution in [2.45, 2.75) is 45.3 Å². The van der Waals surface area contributed by atoms with Gasteiger partial charge in [0.2, 0.25) is 5.91 Å². The average molecular weight is 426 g/mol. The van der Waals surface area contributed by atoms with Crippen LogP contribution < -0.4 is 0 Å². The number of amides is 1. The molecule has 1 aromatic carbocycles. The molecular weight excluding hydrogens is 393 g/mol. The summed E-state index contributed by atoms with van der Waals surface area (Å²) in [6.07, 6.45) is 0.715. The Bertz CT molecular complexity index is 830. The maximum atomic E-state index is 13.5. The average Bonchev–Trinajstić information content (AvgIpc) is 2.99. The van der Waals surface area contributed by atoms with Crippen molar-refractivity contribution < 1.29 is 17.6 Å². The summed E-state index contributed by atoms with van der Waals surface area (Å²) in [5, 5.41) is 0. The van der Waals surface area contributed by atoms with Crippen molar-refractivity contribution in [1.82, 2.24) is 14.7 Å². The second kappa shape index (κ2) is 8.70. The second-order valence-corrected chi connectivity index (χ2v) is 11.4. The number of sulfone groups is 1. The molecule has 2 aliphatic rings. The highest BCUT2D eigenvalue weighted by atomic mass is 32.2. The van der Waals surface area contributed by atoms with E-state index < -0.39 is 9.84 Å². The molecule has 3 rings (SSSR count). The van der Waals surface area contributed by atoms with Crippen LogP contribution in [0.4, 0.5) is 4.39 Å². The van der Waals surface area contributed by atoms with Crippen LogP contribution in [0.2, 0.25) is 0 Å². The zero-order valence-electron chi connectivity index (χ0n) is 17.6. The van der Waals surface area contributed by atoms with Crippen molar-refractivity contribution in [2.75, 3.05) is 44.2 Å². The number of hydrogen-bond donors (Lipinski definition) is 0. The minimum atomic E-state index is -2.88. The Labute approximate surface area is 173 Å². The SMILES string of the molecule is CC(C)(C)N(Cc1cccc(F)c1)C(=O)CN1CCN(C2CCS(=O)(=O)C2)CC1. The third-order valence-corrected chi connectivity index (χ3v) is 7.58. The summed E-state index contributed by atoms with van der Waals surface area (Å²) < 4.78 is 37.0. The Morgan fingerprint density at radius 2 is 1.90 bits per heavy atom. The van der Waals surface area contributed by atoms with Gasteiger partial charge in [-0.05, 0) is 44.9 Å². The van der Waals surface area contributed by atoms with Gasteiger partial charge < -0.3 is 4.90 Å². The summed E-state index contributed by atoms with van der Waals surface area (Å²) in [6, 6.07) is 6.50. The fraction of sp³-hybridized carbons (Fsp3) is 0.667. The highest BCUT2D eigenvalue weighted by Crippen LogP contribution is 2.21. The molecule has 0 aromatic heterocycles. The predicted octanol–water partition coefficient (Wildman–Crippen LogP) is 1.76. The van der Waals surface area contributed by atoms with Crippen molar-refractivity contribution in [2.24, 2.45) is 0 Å². The molecule has 6 nitrogen and oxygen atoms in total. The van der Waals surface area contributed by atoms with Gasteiger partial charge in [-0.25, -0.2) is 12.8 Å². The minimum Gasteiger partial charge on any atom is -0.332 e. The lowest BCUT2D eigenvalue weighted by Crippen LogP contribution is -2.54. The minimum absolute atomic E-state index is 0.0265. The summed E-state index contributed by atoms with van der Waals surface area (Å²) in [5.41, 5.74) is 0.407. The maximum absolute atomic E-state index is 13.5. The first kappa shape index (κ1) is 22.2. The molecule has 0 aliphatic carbocycles. The van der Waals surface area contributed by atoms with Crippen molar-refractivity contribution in [1.29, 1.82) is 0 Å². The first-order valence-electron chi connectivity index (χ1n) is 10.3. The molecule has 0 saturated carbocycles. The first-order valence-corrected chi connectivity index (χ1v) is 12.1. The first-order chi connectivity index (χ1) is 13.5. The van der Waals surface area contributed by atoms with Gasteiger partial charge in [-0.1, -0.05) is 12.1 Å². The molecule has 162 valence electrons. The molecule has 2 heterocycles. The normalized spacial score (nSPS) is 23.2. The molecule has 8 heteroatoms. The second-order valence-electron chi connectivity index (χ2n) is 9.15. The monoisotopic (exact) mass is 425 g/mol. The number of nitrogens with zero attached hydrogens (tertiary/aromatic N) is 3. The third kappa shape index (κ3) is 5.99. The number of carbonyl (C=O) groups is 1. The lowest BCUT2D eigenvalue weighted by atomic mass is 10.0. The number of benzene rings is 1. The van der Waals surface area contributed by atoms with Gasteiger partial charge in [0.1, 0.15) is 5.82 Å². The topological polar surface area (TPSA) is 60.9 Å². The number of halogens is 1. The summed E-state index contributed by atoms with van der Waals surface area (Å²) in [7, 11) is -2.88. The number of piperazine rings is 1. The highest BCUT2D eigenvalue weighted by Gasteiger charge is 2.34. The Kier molecular flexibility index (Phi) is 6.65. The molecule has 29 heavy (non-hydrogen) atoms. The van der Waals surface area contributed by atoms with Gasteiger partial charge in [-0.2, -0.15) is 0 Å². The zero-order valence-corrected chi connectivity index (χ0v) is 18.4. The molecule has 1 aromatic rings. The van der Waals surface area contributed by atoms with Crippen molar-refractivity contribution >= 4 is 15.7 Å². The van der Waals surface area contributed by atoms with E-state index in [-0.39, 0.29) is 34.8 Å². The molecule has 0 radical (unpaired) electrons.